The van der Waals surface area contributed by atoms with E-state index >= 15 is 0 Å². The van der Waals surface area contributed by atoms with Crippen LogP contribution in [0.15, 0.2) is 77.7 Å². The van der Waals surface area contributed by atoms with Crippen molar-refractivity contribution in [2.75, 3.05) is 13.1 Å². The molecule has 0 radical (unpaired) electrons. The Bertz CT molecular complexity index is 1870. The first-order chi connectivity index (χ1) is 20.6. The largest absolute Gasteiger partial charge is 0.471 e. The van der Waals surface area contributed by atoms with E-state index < -0.39 is 28.1 Å². The Labute approximate surface area is 248 Å². The smallest absolute Gasteiger partial charge is 0.331 e. The normalized spacial score (nSPS) is 17.5. The number of benzene rings is 3. The predicted molar refractivity (Wildman–Crippen MR) is 158 cm³/mol. The Morgan fingerprint density at radius 2 is 1.72 bits per heavy atom. The molecule has 222 valence electrons. The molecule has 3 aromatic carbocycles. The highest BCUT2D eigenvalue weighted by atomic mass is 32.2. The highest BCUT2D eigenvalue weighted by Crippen LogP contribution is 2.45. The summed E-state index contributed by atoms with van der Waals surface area (Å²) in [5, 5.41) is 1.01. The van der Waals surface area contributed by atoms with E-state index in [0.717, 1.165) is 38.2 Å². The molecule has 3 heterocycles. The number of amides is 1. The van der Waals surface area contributed by atoms with E-state index in [-0.39, 0.29) is 24.4 Å². The third kappa shape index (κ3) is 5.21. The third-order valence-corrected chi connectivity index (χ3v) is 10.2. The summed E-state index contributed by atoms with van der Waals surface area (Å²) in [6.07, 6.45) is -3.50. The number of hydrogen-bond donors (Lipinski definition) is 0. The minimum Gasteiger partial charge on any atom is -0.331 e. The highest BCUT2D eigenvalue weighted by Gasteiger charge is 2.44. The number of carbonyl (C=O) groups is 1. The van der Waals surface area contributed by atoms with E-state index in [0.29, 0.717) is 31.5 Å². The summed E-state index contributed by atoms with van der Waals surface area (Å²) < 4.78 is 71.6. The Kier molecular flexibility index (Phi) is 7.57. The number of sulfonamides is 1. The zero-order chi connectivity index (χ0) is 30.4. The minimum absolute atomic E-state index is 0.0109. The van der Waals surface area contributed by atoms with E-state index in [1.165, 1.54) is 16.4 Å². The zero-order valence-electron chi connectivity index (χ0n) is 23.6. The summed E-state index contributed by atoms with van der Waals surface area (Å²) >= 11 is 0. The lowest BCUT2D eigenvalue weighted by Gasteiger charge is -2.30. The summed E-state index contributed by atoms with van der Waals surface area (Å²) in [6, 6.07) is 22.0. The fraction of sp³-hybridized carbons (Fsp3) is 0.303. The van der Waals surface area contributed by atoms with Crippen LogP contribution >= 0.6 is 0 Å². The Balaban J connectivity index is 1.44. The summed E-state index contributed by atoms with van der Waals surface area (Å²) in [7, 11) is -4.05. The van der Waals surface area contributed by atoms with Gasteiger partial charge in [0.05, 0.1) is 17.5 Å². The number of para-hydroxylation sites is 1. The van der Waals surface area contributed by atoms with E-state index in [1.54, 1.807) is 13.0 Å². The number of carbonyl (C=O) groups excluding carboxylic acids is 1. The number of fused-ring (bicyclic) bond motifs is 2. The molecular weight excluding hydrogens is 575 g/mol. The van der Waals surface area contributed by atoms with Crippen molar-refractivity contribution in [1.29, 1.82) is 0 Å². The van der Waals surface area contributed by atoms with Crippen LogP contribution in [0, 0.1) is 11.8 Å². The molecule has 2 aliphatic heterocycles. The van der Waals surface area contributed by atoms with Crippen LogP contribution in [-0.4, -0.2) is 47.4 Å². The van der Waals surface area contributed by atoms with Gasteiger partial charge in [-0.3, -0.25) is 4.79 Å². The van der Waals surface area contributed by atoms with Gasteiger partial charge >= 0.3 is 12.1 Å². The molecule has 0 N–H and O–H groups in total. The maximum atomic E-state index is 14.3. The van der Waals surface area contributed by atoms with Gasteiger partial charge in [-0.25, -0.2) is 8.42 Å². The van der Waals surface area contributed by atoms with Gasteiger partial charge in [0.15, 0.2) is 0 Å². The van der Waals surface area contributed by atoms with E-state index in [9.17, 15) is 26.4 Å². The van der Waals surface area contributed by atoms with Crippen molar-refractivity contribution in [3.63, 3.8) is 0 Å². The number of alkyl halides is 3. The van der Waals surface area contributed by atoms with E-state index in [4.69, 9.17) is 0 Å². The second kappa shape index (κ2) is 11.2. The SMILES string of the molecule is CC#CCn1c(C2CCCN2S(=O)(=O)c2ccc3c(c2)CN(C(=O)C(F)(F)F)CC3)c(-c2ccccc2)c2ccccc21. The van der Waals surface area contributed by atoms with Crippen molar-refractivity contribution in [2.24, 2.45) is 0 Å². The first kappa shape index (κ1) is 29.0. The molecule has 43 heavy (non-hydrogen) atoms. The van der Waals surface area contributed by atoms with Gasteiger partial charge in [-0.15, -0.1) is 5.92 Å². The fourth-order valence-corrected chi connectivity index (χ4v) is 8.10. The van der Waals surface area contributed by atoms with Crippen LogP contribution in [0.2, 0.25) is 0 Å². The maximum absolute atomic E-state index is 14.3. The molecule has 6 nitrogen and oxygen atoms in total. The van der Waals surface area contributed by atoms with Gasteiger partial charge in [-0.1, -0.05) is 60.5 Å². The van der Waals surface area contributed by atoms with Gasteiger partial charge in [0, 0.05) is 41.8 Å². The number of nitrogens with zero attached hydrogens (tertiary/aromatic N) is 3. The maximum Gasteiger partial charge on any atom is 0.471 e. The van der Waals surface area contributed by atoms with Crippen molar-refractivity contribution in [2.45, 2.75) is 56.4 Å². The lowest BCUT2D eigenvalue weighted by atomic mass is 9.98. The average molecular weight is 606 g/mol. The summed E-state index contributed by atoms with van der Waals surface area (Å²) in [5.41, 5.74) is 4.94. The molecule has 1 amide bonds. The monoisotopic (exact) mass is 605 g/mol. The topological polar surface area (TPSA) is 62.6 Å². The summed E-state index contributed by atoms with van der Waals surface area (Å²) in [5.74, 6) is 4.21. The first-order valence-electron chi connectivity index (χ1n) is 14.2. The molecule has 0 aliphatic carbocycles. The van der Waals surface area contributed by atoms with Crippen molar-refractivity contribution in [3.8, 4) is 23.0 Å². The standard InChI is InChI=1S/C33H30F3N3O3S/c1-2-3-18-38-28-13-8-7-12-27(28)30(24-10-5-4-6-11-24)31(38)29-14-9-19-39(29)43(41,42)26-16-15-23-17-20-37(22-25(23)21-26)32(40)33(34,35)36/h4-8,10-13,15-16,21,29H,9,14,17-20,22H2,1H3. The van der Waals surface area contributed by atoms with Gasteiger partial charge in [-0.2, -0.15) is 17.5 Å². The number of rotatable bonds is 5. The van der Waals surface area contributed by atoms with Gasteiger partial charge in [0.2, 0.25) is 10.0 Å². The van der Waals surface area contributed by atoms with E-state index in [1.807, 2.05) is 54.6 Å². The molecule has 6 rings (SSSR count). The molecule has 2 aliphatic rings. The molecule has 0 spiro atoms. The molecule has 1 unspecified atom stereocenters. The highest BCUT2D eigenvalue weighted by molar-refractivity contribution is 7.89. The van der Waals surface area contributed by atoms with Crippen molar-refractivity contribution in [3.05, 3.63) is 89.6 Å². The zero-order valence-corrected chi connectivity index (χ0v) is 24.4. The molecule has 0 bridgehead atoms. The van der Waals surface area contributed by atoms with Crippen LogP contribution in [0.1, 0.15) is 42.6 Å². The van der Waals surface area contributed by atoms with Crippen LogP contribution in [-0.2, 0) is 34.3 Å². The van der Waals surface area contributed by atoms with Gasteiger partial charge in [0.25, 0.3) is 0 Å². The van der Waals surface area contributed by atoms with Gasteiger partial charge < -0.3 is 9.47 Å². The Morgan fingerprint density at radius 3 is 2.47 bits per heavy atom. The second-order valence-corrected chi connectivity index (χ2v) is 12.7. The molecule has 1 aromatic heterocycles. The molecule has 4 aromatic rings. The summed E-state index contributed by atoms with van der Waals surface area (Å²) in [4.78, 5) is 12.7. The molecule has 1 atom stereocenters. The number of aromatic nitrogens is 1. The van der Waals surface area contributed by atoms with Gasteiger partial charge in [-0.05, 0) is 61.1 Å². The lowest BCUT2D eigenvalue weighted by Crippen LogP contribution is -2.43. The number of hydrogen-bond acceptors (Lipinski definition) is 3. The number of halogens is 3. The molecule has 10 heteroatoms. The quantitative estimate of drug-likeness (QED) is 0.251. The molecule has 1 saturated heterocycles. The second-order valence-electron chi connectivity index (χ2n) is 10.8. The fourth-order valence-electron chi connectivity index (χ4n) is 6.39. The third-order valence-electron chi connectivity index (χ3n) is 8.33. The summed E-state index contributed by atoms with van der Waals surface area (Å²) in [6.45, 7) is 2.11. The van der Waals surface area contributed by atoms with Crippen LogP contribution in [0.4, 0.5) is 13.2 Å². The average Bonchev–Trinajstić information content (AvgIpc) is 3.62. The van der Waals surface area contributed by atoms with Crippen molar-refractivity contribution in [1.82, 2.24) is 13.8 Å². The Morgan fingerprint density at radius 1 is 0.977 bits per heavy atom. The lowest BCUT2D eigenvalue weighted by molar-refractivity contribution is -0.186. The minimum atomic E-state index is -4.99. The van der Waals surface area contributed by atoms with Crippen LogP contribution in [0.3, 0.4) is 0 Å². The van der Waals surface area contributed by atoms with Crippen LogP contribution in [0.25, 0.3) is 22.0 Å². The Hall–Kier alpha value is -4.07. The first-order valence-corrected chi connectivity index (χ1v) is 15.6. The predicted octanol–water partition coefficient (Wildman–Crippen LogP) is 6.30. The van der Waals surface area contributed by atoms with E-state index in [2.05, 4.69) is 16.4 Å². The molecule has 0 saturated carbocycles. The van der Waals surface area contributed by atoms with Crippen molar-refractivity contribution >= 4 is 26.8 Å². The van der Waals surface area contributed by atoms with Crippen LogP contribution < -0.4 is 0 Å². The van der Waals surface area contributed by atoms with Gasteiger partial charge in [0.1, 0.15) is 0 Å². The van der Waals surface area contributed by atoms with Crippen molar-refractivity contribution < 1.29 is 26.4 Å². The molecular formula is C33H30F3N3O3S. The van der Waals surface area contributed by atoms with Crippen LogP contribution in [0.5, 0.6) is 0 Å². The molecule has 1 fully saturated rings.